The van der Waals surface area contributed by atoms with E-state index in [1.54, 1.807) is 0 Å². The summed E-state index contributed by atoms with van der Waals surface area (Å²) in [4.78, 5) is 22.5. The van der Waals surface area contributed by atoms with Crippen molar-refractivity contribution in [3.8, 4) is 0 Å². The number of hydrogen-bond acceptors (Lipinski definition) is 3. The Hall–Kier alpha value is -2.31. The molecule has 1 aromatic carbocycles. The Morgan fingerprint density at radius 3 is 2.32 bits per heavy atom. The number of rotatable bonds is 7. The molecule has 1 aromatic rings. The molecule has 0 aliphatic rings. The molecule has 120 valence electrons. The molecule has 0 fully saturated rings. The fourth-order valence-electron chi connectivity index (χ4n) is 1.76. The lowest BCUT2D eigenvalue weighted by atomic mass is 10.0. The summed E-state index contributed by atoms with van der Waals surface area (Å²) >= 11 is 0. The molecule has 0 aliphatic heterocycles. The molecule has 4 nitrogen and oxygen atoms in total. The summed E-state index contributed by atoms with van der Waals surface area (Å²) in [5.74, 6) is -1.98. The third-order valence-electron chi connectivity index (χ3n) is 2.92. The van der Waals surface area contributed by atoms with Crippen LogP contribution in [-0.4, -0.2) is 17.9 Å². The molecule has 0 saturated carbocycles. The molecule has 1 rings (SSSR count). The van der Waals surface area contributed by atoms with Crippen molar-refractivity contribution in [1.29, 1.82) is 0 Å². The van der Waals surface area contributed by atoms with Crippen LogP contribution in [0.1, 0.15) is 24.0 Å². The largest absolute Gasteiger partial charge is 0.548 e. The molecule has 7 heteroatoms. The number of carbonyl (C=O) groups excluding carboxylic acids is 2. The summed E-state index contributed by atoms with van der Waals surface area (Å²) in [6.45, 7) is 3.44. The smallest absolute Gasteiger partial charge is 0.416 e. The molecular formula is C15H15F3NO3-. The van der Waals surface area contributed by atoms with Gasteiger partial charge in [0.2, 0.25) is 5.91 Å². The SMILES string of the molecule is C=CCCC(=O)N[C@@H](Cc1ccc(C(F)(F)F)cc1)C(=O)[O-]. The van der Waals surface area contributed by atoms with Crippen LogP contribution in [0.4, 0.5) is 13.2 Å². The Morgan fingerprint density at radius 1 is 1.27 bits per heavy atom. The summed E-state index contributed by atoms with van der Waals surface area (Å²) in [6, 6.07) is 2.78. The van der Waals surface area contributed by atoms with E-state index in [-0.39, 0.29) is 12.8 Å². The van der Waals surface area contributed by atoms with Gasteiger partial charge in [-0.25, -0.2) is 0 Å². The van der Waals surface area contributed by atoms with Gasteiger partial charge in [0.1, 0.15) is 0 Å². The number of allylic oxidation sites excluding steroid dienone is 1. The van der Waals surface area contributed by atoms with E-state index >= 15 is 0 Å². The maximum Gasteiger partial charge on any atom is 0.416 e. The molecular weight excluding hydrogens is 299 g/mol. The number of nitrogens with one attached hydrogen (secondary N) is 1. The minimum absolute atomic E-state index is 0.0836. The second-order valence-corrected chi connectivity index (χ2v) is 4.67. The first-order valence-corrected chi connectivity index (χ1v) is 6.51. The van der Waals surface area contributed by atoms with Crippen LogP contribution >= 0.6 is 0 Å². The Balaban J connectivity index is 2.73. The first-order chi connectivity index (χ1) is 10.2. The summed E-state index contributed by atoms with van der Waals surface area (Å²) in [7, 11) is 0. The monoisotopic (exact) mass is 314 g/mol. The highest BCUT2D eigenvalue weighted by Crippen LogP contribution is 2.29. The third kappa shape index (κ3) is 5.59. The normalized spacial score (nSPS) is 12.5. The summed E-state index contributed by atoms with van der Waals surface area (Å²) in [5.41, 5.74) is -0.470. The zero-order valence-corrected chi connectivity index (χ0v) is 11.7. The Bertz CT molecular complexity index is 538. The third-order valence-corrected chi connectivity index (χ3v) is 2.92. The molecule has 0 bridgehead atoms. The molecule has 0 saturated heterocycles. The zero-order chi connectivity index (χ0) is 16.8. The van der Waals surface area contributed by atoms with Gasteiger partial charge in [0.15, 0.2) is 0 Å². The average Bonchev–Trinajstić information content (AvgIpc) is 2.44. The van der Waals surface area contributed by atoms with E-state index in [1.807, 2.05) is 0 Å². The van der Waals surface area contributed by atoms with E-state index in [0.717, 1.165) is 12.1 Å². The van der Waals surface area contributed by atoms with E-state index in [9.17, 15) is 27.9 Å². The lowest BCUT2D eigenvalue weighted by Crippen LogP contribution is -2.49. The van der Waals surface area contributed by atoms with E-state index in [2.05, 4.69) is 11.9 Å². The highest BCUT2D eigenvalue weighted by atomic mass is 19.4. The van der Waals surface area contributed by atoms with Crippen LogP contribution < -0.4 is 10.4 Å². The lowest BCUT2D eigenvalue weighted by molar-refractivity contribution is -0.308. The topological polar surface area (TPSA) is 69.2 Å². The van der Waals surface area contributed by atoms with Crippen molar-refractivity contribution in [2.45, 2.75) is 31.5 Å². The molecule has 1 amide bonds. The number of aliphatic carboxylic acids is 1. The quantitative estimate of drug-likeness (QED) is 0.775. The van der Waals surface area contributed by atoms with Crippen LogP contribution in [0, 0.1) is 0 Å². The van der Waals surface area contributed by atoms with Gasteiger partial charge in [-0.1, -0.05) is 18.2 Å². The van der Waals surface area contributed by atoms with Gasteiger partial charge in [-0.15, -0.1) is 6.58 Å². The van der Waals surface area contributed by atoms with Crippen LogP contribution in [0.5, 0.6) is 0 Å². The Morgan fingerprint density at radius 2 is 1.86 bits per heavy atom. The van der Waals surface area contributed by atoms with E-state index in [4.69, 9.17) is 0 Å². The minimum atomic E-state index is -4.45. The first kappa shape index (κ1) is 17.7. The van der Waals surface area contributed by atoms with Crippen LogP contribution in [0.25, 0.3) is 0 Å². The fourth-order valence-corrected chi connectivity index (χ4v) is 1.76. The number of carboxylic acid groups (broad SMARTS) is 1. The first-order valence-electron chi connectivity index (χ1n) is 6.51. The number of hydrogen-bond donors (Lipinski definition) is 1. The van der Waals surface area contributed by atoms with Crippen molar-refractivity contribution >= 4 is 11.9 Å². The average molecular weight is 314 g/mol. The summed E-state index contributed by atoms with van der Waals surface area (Å²) in [6.07, 6.45) is -2.61. The highest BCUT2D eigenvalue weighted by Gasteiger charge is 2.30. The van der Waals surface area contributed by atoms with Crippen molar-refractivity contribution in [2.75, 3.05) is 0 Å². The molecule has 0 heterocycles. The van der Waals surface area contributed by atoms with Gasteiger partial charge >= 0.3 is 6.18 Å². The lowest BCUT2D eigenvalue weighted by Gasteiger charge is -2.20. The van der Waals surface area contributed by atoms with Gasteiger partial charge in [-0.2, -0.15) is 13.2 Å². The molecule has 0 spiro atoms. The second-order valence-electron chi connectivity index (χ2n) is 4.67. The van der Waals surface area contributed by atoms with Crippen molar-refractivity contribution < 1.29 is 27.9 Å². The number of carbonyl (C=O) groups is 2. The van der Waals surface area contributed by atoms with E-state index < -0.39 is 29.7 Å². The second kappa shape index (κ2) is 7.63. The molecule has 22 heavy (non-hydrogen) atoms. The predicted octanol–water partition coefficient (Wildman–Crippen LogP) is 1.45. The van der Waals surface area contributed by atoms with Crippen molar-refractivity contribution in [2.24, 2.45) is 0 Å². The molecule has 1 N–H and O–H groups in total. The number of halogens is 3. The molecule has 0 aromatic heterocycles. The summed E-state index contributed by atoms with van der Waals surface area (Å²) < 4.78 is 37.3. The van der Waals surface area contributed by atoms with Crippen LogP contribution in [0.2, 0.25) is 0 Å². The van der Waals surface area contributed by atoms with Gasteiger partial charge in [0, 0.05) is 6.42 Å². The maximum absolute atomic E-state index is 12.4. The fraction of sp³-hybridized carbons (Fsp3) is 0.333. The summed E-state index contributed by atoms with van der Waals surface area (Å²) in [5, 5.41) is 13.3. The van der Waals surface area contributed by atoms with Crippen LogP contribution in [-0.2, 0) is 22.2 Å². The predicted molar refractivity (Wildman–Crippen MR) is 71.5 cm³/mol. The van der Waals surface area contributed by atoms with E-state index in [1.165, 1.54) is 18.2 Å². The Kier molecular flexibility index (Phi) is 6.15. The van der Waals surface area contributed by atoms with Gasteiger partial charge < -0.3 is 15.2 Å². The molecule has 0 aliphatic carbocycles. The van der Waals surface area contributed by atoms with Gasteiger partial charge in [0.25, 0.3) is 0 Å². The molecule has 0 radical (unpaired) electrons. The molecule has 1 atom stereocenters. The Labute approximate surface area is 125 Å². The zero-order valence-electron chi connectivity index (χ0n) is 11.7. The maximum atomic E-state index is 12.4. The van der Waals surface area contributed by atoms with Crippen molar-refractivity contribution in [3.63, 3.8) is 0 Å². The van der Waals surface area contributed by atoms with Crippen molar-refractivity contribution in [3.05, 3.63) is 48.0 Å². The van der Waals surface area contributed by atoms with Gasteiger partial charge in [-0.05, 0) is 30.5 Å². The van der Waals surface area contributed by atoms with Gasteiger partial charge in [0.05, 0.1) is 17.6 Å². The van der Waals surface area contributed by atoms with Crippen molar-refractivity contribution in [1.82, 2.24) is 5.32 Å². The highest BCUT2D eigenvalue weighted by molar-refractivity contribution is 5.82. The number of carboxylic acids is 1. The minimum Gasteiger partial charge on any atom is -0.548 e. The standard InChI is InChI=1S/C15H16F3NO3/c1-2-3-4-13(20)19-12(14(21)22)9-10-5-7-11(8-6-10)15(16,17)18/h2,5-8,12H,1,3-4,9H2,(H,19,20)(H,21,22)/p-1/t12-/m0/s1. The van der Waals surface area contributed by atoms with Crippen LogP contribution in [0.3, 0.4) is 0 Å². The molecule has 0 unspecified atom stereocenters. The van der Waals surface area contributed by atoms with Crippen LogP contribution in [0.15, 0.2) is 36.9 Å². The van der Waals surface area contributed by atoms with E-state index in [0.29, 0.717) is 12.0 Å². The number of amides is 1. The number of alkyl halides is 3. The number of benzene rings is 1. The van der Waals surface area contributed by atoms with Gasteiger partial charge in [-0.3, -0.25) is 4.79 Å².